The first kappa shape index (κ1) is 14.5. The number of benzene rings is 2. The van der Waals surface area contributed by atoms with E-state index < -0.39 is 0 Å². The van der Waals surface area contributed by atoms with Gasteiger partial charge in [-0.1, -0.05) is 0 Å². The topological polar surface area (TPSA) is 112 Å². The van der Waals surface area contributed by atoms with Crippen molar-refractivity contribution < 1.29 is 10.0 Å². The molecule has 5 N–H and O–H groups in total. The highest BCUT2D eigenvalue weighted by molar-refractivity contribution is 5.92. The molecule has 0 bridgehead atoms. The second kappa shape index (κ2) is 6.49. The van der Waals surface area contributed by atoms with Crippen LogP contribution in [-0.2, 0) is 4.79 Å². The van der Waals surface area contributed by atoms with Crippen LogP contribution in [-0.4, -0.2) is 11.1 Å². The molecule has 21 heavy (non-hydrogen) atoms. The summed E-state index contributed by atoms with van der Waals surface area (Å²) in [6, 6.07) is 11.7. The molecule has 0 aliphatic rings. The van der Waals surface area contributed by atoms with Gasteiger partial charge in [0.1, 0.15) is 5.69 Å². The van der Waals surface area contributed by atoms with Crippen molar-refractivity contribution in [2.45, 2.75) is 6.92 Å². The Morgan fingerprint density at radius 3 is 2.48 bits per heavy atom. The number of azo groups is 1. The van der Waals surface area contributed by atoms with E-state index in [0.717, 1.165) is 0 Å². The molecule has 7 nitrogen and oxygen atoms in total. The summed E-state index contributed by atoms with van der Waals surface area (Å²) in [5, 5.41) is 19.6. The maximum atomic E-state index is 11.2. The summed E-state index contributed by atoms with van der Waals surface area (Å²) in [4.78, 5) is 11.2. The van der Waals surface area contributed by atoms with Crippen molar-refractivity contribution in [3.8, 4) is 0 Å². The minimum atomic E-state index is -0.213. The zero-order valence-corrected chi connectivity index (χ0v) is 11.4. The van der Waals surface area contributed by atoms with Gasteiger partial charge >= 0.3 is 0 Å². The molecule has 0 radical (unpaired) electrons. The van der Waals surface area contributed by atoms with Crippen LogP contribution >= 0.6 is 0 Å². The average Bonchev–Trinajstić information content (AvgIpc) is 2.46. The predicted molar refractivity (Wildman–Crippen MR) is 81.2 cm³/mol. The van der Waals surface area contributed by atoms with Gasteiger partial charge < -0.3 is 11.1 Å². The number of hydrogen-bond donors (Lipinski definition) is 4. The van der Waals surface area contributed by atoms with Gasteiger partial charge in [-0.3, -0.25) is 15.5 Å². The van der Waals surface area contributed by atoms with Gasteiger partial charge in [-0.15, -0.1) is 5.11 Å². The van der Waals surface area contributed by atoms with E-state index in [9.17, 15) is 4.79 Å². The lowest BCUT2D eigenvalue weighted by molar-refractivity contribution is -0.114. The van der Waals surface area contributed by atoms with Gasteiger partial charge in [-0.2, -0.15) is 5.11 Å². The van der Waals surface area contributed by atoms with Crippen LogP contribution in [0.15, 0.2) is 52.7 Å². The summed E-state index contributed by atoms with van der Waals surface area (Å²) >= 11 is 0. The number of nitrogens with one attached hydrogen (secondary N) is 2. The number of rotatable bonds is 4. The van der Waals surface area contributed by atoms with Crippen LogP contribution in [0.4, 0.5) is 28.4 Å². The maximum absolute atomic E-state index is 11.2. The van der Waals surface area contributed by atoms with Gasteiger partial charge in [0, 0.05) is 12.6 Å². The Kier molecular flexibility index (Phi) is 4.47. The van der Waals surface area contributed by atoms with Crippen molar-refractivity contribution in [2.24, 2.45) is 10.2 Å². The molecule has 0 atom stereocenters. The first-order chi connectivity index (χ1) is 10.1. The highest BCUT2D eigenvalue weighted by Crippen LogP contribution is 2.29. The van der Waals surface area contributed by atoms with Crippen LogP contribution in [0.5, 0.6) is 0 Å². The molecule has 0 heterocycles. The summed E-state index contributed by atoms with van der Waals surface area (Å²) in [7, 11) is 0. The number of hydrogen-bond acceptors (Lipinski definition) is 6. The molecule has 0 aliphatic carbocycles. The summed E-state index contributed by atoms with van der Waals surface area (Å²) < 4.78 is 0. The second-order valence-electron chi connectivity index (χ2n) is 4.32. The van der Waals surface area contributed by atoms with Crippen LogP contribution in [0.3, 0.4) is 0 Å². The minimum absolute atomic E-state index is 0.213. The van der Waals surface area contributed by atoms with Crippen molar-refractivity contribution in [1.82, 2.24) is 0 Å². The van der Waals surface area contributed by atoms with Crippen molar-refractivity contribution in [1.29, 1.82) is 0 Å². The molecule has 0 aromatic heterocycles. The number of nitrogens with two attached hydrogens (primary N) is 1. The van der Waals surface area contributed by atoms with Crippen LogP contribution in [0.25, 0.3) is 0 Å². The van der Waals surface area contributed by atoms with Gasteiger partial charge in [0.05, 0.1) is 17.1 Å². The zero-order valence-electron chi connectivity index (χ0n) is 11.4. The van der Waals surface area contributed by atoms with Gasteiger partial charge in [-0.25, -0.2) is 0 Å². The van der Waals surface area contributed by atoms with E-state index in [2.05, 4.69) is 15.5 Å². The molecule has 108 valence electrons. The van der Waals surface area contributed by atoms with Crippen LogP contribution < -0.4 is 16.5 Å². The van der Waals surface area contributed by atoms with E-state index in [1.54, 1.807) is 42.5 Å². The molecule has 0 saturated carbocycles. The van der Waals surface area contributed by atoms with Crippen LogP contribution in [0.1, 0.15) is 6.92 Å². The highest BCUT2D eigenvalue weighted by Gasteiger charge is 2.04. The van der Waals surface area contributed by atoms with Gasteiger partial charge in [0.25, 0.3) is 0 Å². The lowest BCUT2D eigenvalue weighted by Crippen LogP contribution is -2.06. The average molecular weight is 285 g/mol. The Balaban J connectivity index is 2.24. The fourth-order valence-corrected chi connectivity index (χ4v) is 1.64. The van der Waals surface area contributed by atoms with Crippen molar-refractivity contribution >= 4 is 34.3 Å². The number of carbonyl (C=O) groups excluding carboxylic acids is 1. The summed E-state index contributed by atoms with van der Waals surface area (Å²) in [6.07, 6.45) is 0. The lowest BCUT2D eigenvalue weighted by Gasteiger charge is -2.06. The van der Waals surface area contributed by atoms with Crippen molar-refractivity contribution in [3.05, 3.63) is 42.5 Å². The van der Waals surface area contributed by atoms with Crippen molar-refractivity contribution in [3.63, 3.8) is 0 Å². The molecule has 1 amide bonds. The molecule has 2 aromatic rings. The van der Waals surface area contributed by atoms with Gasteiger partial charge in [0.2, 0.25) is 5.91 Å². The Bertz CT molecular complexity index is 668. The van der Waals surface area contributed by atoms with Crippen molar-refractivity contribution in [2.75, 3.05) is 16.5 Å². The fourth-order valence-electron chi connectivity index (χ4n) is 1.64. The largest absolute Gasteiger partial charge is 0.399 e. The van der Waals surface area contributed by atoms with E-state index in [-0.39, 0.29) is 5.91 Å². The SMILES string of the molecule is CC(=O)Nc1cc(N)ccc1/N=N/c1ccc(NO)cc1. The number of carbonyl (C=O) groups is 1. The number of nitrogen functional groups attached to an aromatic ring is 1. The Labute approximate surface area is 121 Å². The third kappa shape index (κ3) is 4.02. The Hall–Kier alpha value is -2.93. The Morgan fingerprint density at radius 1 is 1.14 bits per heavy atom. The lowest BCUT2D eigenvalue weighted by atomic mass is 10.2. The third-order valence-corrected chi connectivity index (χ3v) is 2.60. The normalized spacial score (nSPS) is 10.6. The first-order valence-corrected chi connectivity index (χ1v) is 6.17. The van der Waals surface area contributed by atoms with E-state index in [1.165, 1.54) is 6.92 Å². The molecule has 2 rings (SSSR count). The monoisotopic (exact) mass is 285 g/mol. The molecule has 0 aliphatic heterocycles. The summed E-state index contributed by atoms with van der Waals surface area (Å²) in [5.74, 6) is -0.213. The van der Waals surface area contributed by atoms with E-state index in [0.29, 0.717) is 28.4 Å². The quantitative estimate of drug-likeness (QED) is 0.391. The van der Waals surface area contributed by atoms with E-state index in [4.69, 9.17) is 10.9 Å². The number of anilines is 3. The fraction of sp³-hybridized carbons (Fsp3) is 0.0714. The molecular formula is C14H15N5O2. The Morgan fingerprint density at radius 2 is 1.86 bits per heavy atom. The minimum Gasteiger partial charge on any atom is -0.399 e. The highest BCUT2D eigenvalue weighted by atomic mass is 16.5. The summed E-state index contributed by atoms with van der Waals surface area (Å²) in [6.45, 7) is 1.41. The molecule has 0 saturated heterocycles. The van der Waals surface area contributed by atoms with Gasteiger partial charge in [-0.05, 0) is 42.5 Å². The maximum Gasteiger partial charge on any atom is 0.221 e. The molecule has 0 spiro atoms. The van der Waals surface area contributed by atoms with E-state index in [1.807, 2.05) is 5.48 Å². The van der Waals surface area contributed by atoms with Crippen LogP contribution in [0, 0.1) is 0 Å². The first-order valence-electron chi connectivity index (χ1n) is 6.17. The van der Waals surface area contributed by atoms with Crippen LogP contribution in [0.2, 0.25) is 0 Å². The second-order valence-corrected chi connectivity index (χ2v) is 4.32. The predicted octanol–water partition coefficient (Wildman–Crippen LogP) is 3.44. The summed E-state index contributed by atoms with van der Waals surface area (Å²) in [5.41, 5.74) is 10.4. The standard InChI is InChI=1S/C14H15N5O2/c1-9(20)16-14-8-10(15)2-7-13(14)18-17-11-3-5-12(19-21)6-4-11/h2-8,19,21H,15H2,1H3,(H,16,20)/b18-17+. The number of nitrogens with zero attached hydrogens (tertiary/aromatic N) is 2. The molecule has 2 aromatic carbocycles. The molecule has 7 heteroatoms. The van der Waals surface area contributed by atoms with Gasteiger partial charge in [0.15, 0.2) is 0 Å². The van der Waals surface area contributed by atoms with E-state index >= 15 is 0 Å². The molecular weight excluding hydrogens is 270 g/mol. The smallest absolute Gasteiger partial charge is 0.221 e. The number of amides is 1. The molecule has 0 fully saturated rings. The molecule has 0 unspecified atom stereocenters. The zero-order chi connectivity index (χ0) is 15.2. The third-order valence-electron chi connectivity index (χ3n) is 2.60.